The number of aryl methyl sites for hydroxylation is 1. The highest BCUT2D eigenvalue weighted by molar-refractivity contribution is 6.31. The van der Waals surface area contributed by atoms with Crippen LogP contribution in [0.5, 0.6) is 0 Å². The van der Waals surface area contributed by atoms with Crippen LogP contribution in [0.3, 0.4) is 0 Å². The van der Waals surface area contributed by atoms with Crippen LogP contribution in [0.15, 0.2) is 30.3 Å². The van der Waals surface area contributed by atoms with E-state index in [1.54, 1.807) is 10.8 Å². The zero-order chi connectivity index (χ0) is 19.3. The number of rotatable bonds is 7. The maximum Gasteiger partial charge on any atom is 0.244 e. The van der Waals surface area contributed by atoms with Gasteiger partial charge in [0, 0.05) is 44.5 Å². The molecule has 0 fully saturated rings. The van der Waals surface area contributed by atoms with Gasteiger partial charge in [-0.05, 0) is 36.6 Å². The molecule has 1 N–H and O–H groups in total. The lowest BCUT2D eigenvalue weighted by Gasteiger charge is -2.12. The summed E-state index contributed by atoms with van der Waals surface area (Å²) in [4.78, 5) is 14.1. The van der Waals surface area contributed by atoms with Crippen LogP contribution >= 0.6 is 11.6 Å². The van der Waals surface area contributed by atoms with E-state index in [-0.39, 0.29) is 5.91 Å². The Balaban J connectivity index is 1.96. The normalized spacial score (nSPS) is 11.3. The van der Waals surface area contributed by atoms with Crippen molar-refractivity contribution < 1.29 is 4.79 Å². The van der Waals surface area contributed by atoms with E-state index in [0.717, 1.165) is 29.1 Å². The van der Waals surface area contributed by atoms with Gasteiger partial charge < -0.3 is 10.2 Å². The average molecular weight is 375 g/mol. The lowest BCUT2D eigenvalue weighted by Crippen LogP contribution is -2.20. The molecule has 2 aromatic rings. The molecule has 0 aliphatic rings. The maximum atomic E-state index is 12.1. The molecular formula is C20H27ClN4O. The van der Waals surface area contributed by atoms with E-state index < -0.39 is 0 Å². The molecule has 0 saturated carbocycles. The van der Waals surface area contributed by atoms with Gasteiger partial charge in [-0.3, -0.25) is 9.48 Å². The first-order chi connectivity index (χ1) is 12.3. The number of hydrogen-bond donors (Lipinski definition) is 1. The Labute approximate surface area is 160 Å². The Morgan fingerprint density at radius 2 is 1.96 bits per heavy atom. The predicted molar refractivity (Wildman–Crippen MR) is 108 cm³/mol. The number of benzene rings is 1. The van der Waals surface area contributed by atoms with Crippen LogP contribution in [0.1, 0.15) is 30.7 Å². The highest BCUT2D eigenvalue weighted by Crippen LogP contribution is 2.22. The molecule has 0 saturated heterocycles. The van der Waals surface area contributed by atoms with E-state index in [1.807, 2.05) is 50.2 Å². The zero-order valence-corrected chi connectivity index (χ0v) is 16.8. The molecule has 6 heteroatoms. The van der Waals surface area contributed by atoms with E-state index in [2.05, 4.69) is 24.3 Å². The van der Waals surface area contributed by atoms with Crippen LogP contribution in [0, 0.1) is 12.8 Å². The molecule has 1 aromatic heterocycles. The van der Waals surface area contributed by atoms with E-state index in [4.69, 9.17) is 11.6 Å². The summed E-state index contributed by atoms with van der Waals surface area (Å²) in [6, 6.07) is 8.08. The number of carbonyl (C=O) groups is 1. The van der Waals surface area contributed by atoms with Crippen LogP contribution < -0.4 is 10.2 Å². The van der Waals surface area contributed by atoms with Crippen molar-refractivity contribution in [3.05, 3.63) is 52.3 Å². The second-order valence-corrected chi connectivity index (χ2v) is 7.34. The van der Waals surface area contributed by atoms with E-state index in [1.165, 1.54) is 6.08 Å². The van der Waals surface area contributed by atoms with Gasteiger partial charge in [-0.2, -0.15) is 5.10 Å². The molecule has 1 heterocycles. The van der Waals surface area contributed by atoms with Gasteiger partial charge >= 0.3 is 0 Å². The first-order valence-corrected chi connectivity index (χ1v) is 9.10. The van der Waals surface area contributed by atoms with Crippen molar-refractivity contribution in [3.63, 3.8) is 0 Å². The molecule has 0 radical (unpaired) electrons. The summed E-state index contributed by atoms with van der Waals surface area (Å²) in [6.45, 7) is 7.36. The van der Waals surface area contributed by atoms with Crippen molar-refractivity contribution in [2.75, 3.05) is 19.0 Å². The largest absolute Gasteiger partial charge is 0.378 e. The van der Waals surface area contributed by atoms with Crippen molar-refractivity contribution in [2.45, 2.75) is 33.9 Å². The summed E-state index contributed by atoms with van der Waals surface area (Å²) in [5, 5.41) is 7.90. The third-order valence-electron chi connectivity index (χ3n) is 3.97. The number of aromatic nitrogens is 2. The minimum Gasteiger partial charge on any atom is -0.378 e. The molecule has 140 valence electrons. The fourth-order valence-electron chi connectivity index (χ4n) is 2.54. The lowest BCUT2D eigenvalue weighted by atomic mass is 10.2. The molecule has 26 heavy (non-hydrogen) atoms. The highest BCUT2D eigenvalue weighted by Gasteiger charge is 2.12. The molecule has 0 spiro atoms. The van der Waals surface area contributed by atoms with Crippen LogP contribution in [-0.2, 0) is 17.9 Å². The Morgan fingerprint density at radius 1 is 1.31 bits per heavy atom. The number of nitrogens with zero attached hydrogens (tertiary/aromatic N) is 3. The SMILES string of the molecule is Cc1nn(CC(C)C)c(Cl)c1/C=C/C(=O)NCc1ccc(N(C)C)cc1. The summed E-state index contributed by atoms with van der Waals surface area (Å²) in [7, 11) is 4.00. The van der Waals surface area contributed by atoms with E-state index in [9.17, 15) is 4.79 Å². The van der Waals surface area contributed by atoms with Gasteiger partial charge in [-0.15, -0.1) is 0 Å². The molecule has 1 amide bonds. The zero-order valence-electron chi connectivity index (χ0n) is 16.1. The molecule has 0 unspecified atom stereocenters. The number of anilines is 1. The van der Waals surface area contributed by atoms with Crippen molar-refractivity contribution in [3.8, 4) is 0 Å². The number of halogens is 1. The first kappa shape index (κ1) is 20.0. The second kappa shape index (κ2) is 8.90. The van der Waals surface area contributed by atoms with Gasteiger partial charge in [0.05, 0.1) is 5.69 Å². The molecular weight excluding hydrogens is 348 g/mol. The quantitative estimate of drug-likeness (QED) is 0.748. The van der Waals surface area contributed by atoms with Gasteiger partial charge in [0.1, 0.15) is 5.15 Å². The van der Waals surface area contributed by atoms with Gasteiger partial charge in [0.25, 0.3) is 0 Å². The Kier molecular flexibility index (Phi) is 6.86. The number of carbonyl (C=O) groups excluding carboxylic acids is 1. The molecule has 0 aliphatic heterocycles. The van der Waals surface area contributed by atoms with Gasteiger partial charge in [-0.25, -0.2) is 0 Å². The van der Waals surface area contributed by atoms with Crippen LogP contribution in [0.4, 0.5) is 5.69 Å². The molecule has 1 aromatic carbocycles. The Hall–Kier alpha value is -2.27. The standard InChI is InChI=1S/C20H27ClN4O/c1-14(2)13-25-20(21)18(15(3)23-25)10-11-19(26)22-12-16-6-8-17(9-7-16)24(4)5/h6-11,14H,12-13H2,1-5H3,(H,22,26)/b11-10+. The van der Waals surface area contributed by atoms with Gasteiger partial charge in [0.15, 0.2) is 0 Å². The summed E-state index contributed by atoms with van der Waals surface area (Å²) in [6.07, 6.45) is 3.23. The van der Waals surface area contributed by atoms with Crippen molar-refractivity contribution in [2.24, 2.45) is 5.92 Å². The highest BCUT2D eigenvalue weighted by atomic mass is 35.5. The maximum absolute atomic E-state index is 12.1. The number of amides is 1. The van der Waals surface area contributed by atoms with Crippen molar-refractivity contribution in [1.82, 2.24) is 15.1 Å². The molecule has 0 bridgehead atoms. The summed E-state index contributed by atoms with van der Waals surface area (Å²) < 4.78 is 1.78. The smallest absolute Gasteiger partial charge is 0.244 e. The molecule has 2 rings (SSSR count). The third-order valence-corrected chi connectivity index (χ3v) is 4.37. The molecule has 5 nitrogen and oxygen atoms in total. The monoisotopic (exact) mass is 374 g/mol. The summed E-state index contributed by atoms with van der Waals surface area (Å²) >= 11 is 6.38. The fraction of sp³-hybridized carbons (Fsp3) is 0.400. The van der Waals surface area contributed by atoms with Gasteiger partial charge in [0.2, 0.25) is 5.91 Å². The Bertz CT molecular complexity index is 776. The van der Waals surface area contributed by atoms with Crippen LogP contribution in [0.2, 0.25) is 5.15 Å². The molecule has 0 atom stereocenters. The lowest BCUT2D eigenvalue weighted by molar-refractivity contribution is -0.116. The van der Waals surface area contributed by atoms with Crippen molar-refractivity contribution >= 4 is 29.3 Å². The van der Waals surface area contributed by atoms with Crippen molar-refractivity contribution in [1.29, 1.82) is 0 Å². The van der Waals surface area contributed by atoms with Gasteiger partial charge in [-0.1, -0.05) is 37.6 Å². The number of nitrogens with one attached hydrogen (secondary N) is 1. The summed E-state index contributed by atoms with van der Waals surface area (Å²) in [5.41, 5.74) is 3.79. The minimum absolute atomic E-state index is 0.159. The van der Waals surface area contributed by atoms with E-state index >= 15 is 0 Å². The fourth-order valence-corrected chi connectivity index (χ4v) is 2.85. The van der Waals surface area contributed by atoms with Crippen LogP contribution in [0.25, 0.3) is 6.08 Å². The van der Waals surface area contributed by atoms with E-state index in [0.29, 0.717) is 17.6 Å². The molecule has 0 aliphatic carbocycles. The second-order valence-electron chi connectivity index (χ2n) is 6.98. The predicted octanol–water partition coefficient (Wildman–Crippen LogP) is 3.90. The topological polar surface area (TPSA) is 50.2 Å². The minimum atomic E-state index is -0.159. The average Bonchev–Trinajstić information content (AvgIpc) is 2.84. The first-order valence-electron chi connectivity index (χ1n) is 8.73. The third kappa shape index (κ3) is 5.36. The Morgan fingerprint density at radius 3 is 2.54 bits per heavy atom. The number of hydrogen-bond acceptors (Lipinski definition) is 3. The summed E-state index contributed by atoms with van der Waals surface area (Å²) in [5.74, 6) is 0.291. The van der Waals surface area contributed by atoms with Crippen LogP contribution in [-0.4, -0.2) is 29.8 Å².